The summed E-state index contributed by atoms with van der Waals surface area (Å²) in [5.74, 6) is 1.44. The molecule has 4 heterocycles. The van der Waals surface area contributed by atoms with Crippen molar-refractivity contribution in [2.75, 3.05) is 0 Å². The number of hydrogen-bond acceptors (Lipinski definition) is 6. The van der Waals surface area contributed by atoms with Crippen LogP contribution in [0.2, 0.25) is 0 Å². The second-order valence-corrected chi connectivity index (χ2v) is 7.79. The minimum Gasteiger partial charge on any atom is -0.265 e. The van der Waals surface area contributed by atoms with E-state index in [4.69, 9.17) is 0 Å². The summed E-state index contributed by atoms with van der Waals surface area (Å²) in [6.07, 6.45) is 14.3. The van der Waals surface area contributed by atoms with Crippen molar-refractivity contribution in [3.63, 3.8) is 0 Å². The van der Waals surface area contributed by atoms with E-state index in [1.54, 1.807) is 24.8 Å². The standard InChI is InChI=1S/2C15H11N3/c2*1-2-4-12(5-3-1)14-10-17-15(18-11-14)13-6-8-16-9-7-13/h2*1-11H. The first-order chi connectivity index (χ1) is 17.9. The largest absolute Gasteiger partial charge is 0.265 e. The molecule has 0 bridgehead atoms. The zero-order valence-corrected chi connectivity index (χ0v) is 19.4. The maximum atomic E-state index is 4.39. The van der Waals surface area contributed by atoms with Crippen LogP contribution >= 0.6 is 0 Å². The van der Waals surface area contributed by atoms with Gasteiger partial charge in [-0.05, 0) is 35.4 Å². The molecule has 0 radical (unpaired) electrons. The summed E-state index contributed by atoms with van der Waals surface area (Å²) in [4.78, 5) is 25.5. The molecule has 0 saturated carbocycles. The quantitative estimate of drug-likeness (QED) is 0.299. The Bertz CT molecular complexity index is 1240. The fourth-order valence-corrected chi connectivity index (χ4v) is 3.52. The molecule has 0 spiro atoms. The molecule has 0 aliphatic heterocycles. The van der Waals surface area contributed by atoms with Crippen molar-refractivity contribution in [1.82, 2.24) is 29.9 Å². The topological polar surface area (TPSA) is 77.3 Å². The molecule has 6 aromatic rings. The molecule has 6 nitrogen and oxygen atoms in total. The third-order valence-corrected chi connectivity index (χ3v) is 5.39. The number of pyridine rings is 2. The van der Waals surface area contributed by atoms with Crippen LogP contribution in [0.15, 0.2) is 135 Å². The van der Waals surface area contributed by atoms with Gasteiger partial charge in [-0.2, -0.15) is 0 Å². The summed E-state index contributed by atoms with van der Waals surface area (Å²) in [6, 6.07) is 27.8. The van der Waals surface area contributed by atoms with Gasteiger partial charge < -0.3 is 0 Å². The Labute approximate surface area is 209 Å². The van der Waals surface area contributed by atoms with Gasteiger partial charge in [0, 0.05) is 71.8 Å². The maximum absolute atomic E-state index is 4.39. The summed E-state index contributed by atoms with van der Waals surface area (Å²) in [5, 5.41) is 0. The fourth-order valence-electron chi connectivity index (χ4n) is 3.52. The number of aromatic nitrogens is 6. The van der Waals surface area contributed by atoms with Crippen LogP contribution < -0.4 is 0 Å². The average molecular weight is 467 g/mol. The van der Waals surface area contributed by atoms with Crippen LogP contribution in [0.4, 0.5) is 0 Å². The molecule has 0 saturated heterocycles. The van der Waals surface area contributed by atoms with Crippen molar-refractivity contribution in [1.29, 1.82) is 0 Å². The van der Waals surface area contributed by atoms with Crippen LogP contribution in [0, 0.1) is 0 Å². The van der Waals surface area contributed by atoms with Gasteiger partial charge in [0.05, 0.1) is 0 Å². The van der Waals surface area contributed by atoms with Crippen LogP contribution in [0.3, 0.4) is 0 Å². The zero-order chi connectivity index (χ0) is 24.4. The zero-order valence-electron chi connectivity index (χ0n) is 19.4. The SMILES string of the molecule is c1ccc(-c2cnc(-c3ccncc3)nc2)cc1.c1ccc(-c2cnc(-c3ccncc3)nc2)cc1. The van der Waals surface area contributed by atoms with E-state index in [1.165, 1.54) is 0 Å². The van der Waals surface area contributed by atoms with Gasteiger partial charge in [-0.15, -0.1) is 0 Å². The molecule has 0 fully saturated rings. The molecule has 172 valence electrons. The number of rotatable bonds is 4. The highest BCUT2D eigenvalue weighted by Gasteiger charge is 2.03. The van der Waals surface area contributed by atoms with Crippen molar-refractivity contribution in [3.05, 3.63) is 135 Å². The van der Waals surface area contributed by atoms with Gasteiger partial charge in [0.2, 0.25) is 0 Å². The molecule has 36 heavy (non-hydrogen) atoms. The van der Waals surface area contributed by atoms with Crippen LogP contribution in [0.5, 0.6) is 0 Å². The second-order valence-electron chi connectivity index (χ2n) is 7.79. The molecular formula is C30H22N6. The van der Waals surface area contributed by atoms with Crippen molar-refractivity contribution < 1.29 is 0 Å². The number of benzene rings is 2. The fraction of sp³-hybridized carbons (Fsp3) is 0. The maximum Gasteiger partial charge on any atom is 0.159 e. The smallest absolute Gasteiger partial charge is 0.159 e. The molecular weight excluding hydrogens is 444 g/mol. The minimum absolute atomic E-state index is 0.720. The van der Waals surface area contributed by atoms with Crippen molar-refractivity contribution >= 4 is 0 Å². The monoisotopic (exact) mass is 466 g/mol. The van der Waals surface area contributed by atoms with E-state index < -0.39 is 0 Å². The first kappa shape index (κ1) is 22.7. The highest BCUT2D eigenvalue weighted by Crippen LogP contribution is 2.20. The van der Waals surface area contributed by atoms with E-state index in [1.807, 2.05) is 110 Å². The van der Waals surface area contributed by atoms with Crippen LogP contribution in [0.1, 0.15) is 0 Å². The predicted molar refractivity (Wildman–Crippen MR) is 141 cm³/mol. The summed E-state index contributed by atoms with van der Waals surface area (Å²) in [6.45, 7) is 0. The first-order valence-electron chi connectivity index (χ1n) is 11.4. The summed E-state index contributed by atoms with van der Waals surface area (Å²) < 4.78 is 0. The van der Waals surface area contributed by atoms with E-state index in [0.29, 0.717) is 0 Å². The number of hydrogen-bond donors (Lipinski definition) is 0. The highest BCUT2D eigenvalue weighted by atomic mass is 14.9. The predicted octanol–water partition coefficient (Wildman–Crippen LogP) is 6.41. The summed E-state index contributed by atoms with van der Waals surface area (Å²) in [7, 11) is 0. The van der Waals surface area contributed by atoms with Crippen molar-refractivity contribution in [2.24, 2.45) is 0 Å². The molecule has 0 aliphatic rings. The van der Waals surface area contributed by atoms with E-state index in [-0.39, 0.29) is 0 Å². The molecule has 0 unspecified atom stereocenters. The molecule has 6 heteroatoms. The van der Waals surface area contributed by atoms with E-state index >= 15 is 0 Å². The Morgan fingerprint density at radius 1 is 0.306 bits per heavy atom. The molecule has 0 aliphatic carbocycles. The molecule has 0 atom stereocenters. The second kappa shape index (κ2) is 11.4. The van der Waals surface area contributed by atoms with Gasteiger partial charge in [0.25, 0.3) is 0 Å². The van der Waals surface area contributed by atoms with Gasteiger partial charge in [-0.1, -0.05) is 60.7 Å². The van der Waals surface area contributed by atoms with Gasteiger partial charge in [0.15, 0.2) is 11.6 Å². The van der Waals surface area contributed by atoms with E-state index in [0.717, 1.165) is 45.0 Å². The van der Waals surface area contributed by atoms with E-state index in [2.05, 4.69) is 29.9 Å². The first-order valence-corrected chi connectivity index (χ1v) is 11.4. The third kappa shape index (κ3) is 5.69. The molecule has 4 aromatic heterocycles. The van der Waals surface area contributed by atoms with Gasteiger partial charge in [-0.25, -0.2) is 19.9 Å². The molecule has 6 rings (SSSR count). The molecule has 0 amide bonds. The Balaban J connectivity index is 0.000000148. The van der Waals surface area contributed by atoms with Gasteiger partial charge in [-0.3, -0.25) is 9.97 Å². The van der Waals surface area contributed by atoms with Crippen molar-refractivity contribution in [2.45, 2.75) is 0 Å². The van der Waals surface area contributed by atoms with Crippen LogP contribution in [-0.4, -0.2) is 29.9 Å². The number of nitrogens with zero attached hydrogens (tertiary/aromatic N) is 6. The Morgan fingerprint density at radius 2 is 0.639 bits per heavy atom. The Kier molecular flexibility index (Phi) is 7.15. The Hall–Kier alpha value is -5.10. The highest BCUT2D eigenvalue weighted by molar-refractivity contribution is 5.64. The lowest BCUT2D eigenvalue weighted by Crippen LogP contribution is -1.89. The molecule has 0 N–H and O–H groups in total. The van der Waals surface area contributed by atoms with Crippen LogP contribution in [0.25, 0.3) is 45.0 Å². The molecule has 2 aromatic carbocycles. The van der Waals surface area contributed by atoms with Gasteiger partial charge in [0.1, 0.15) is 0 Å². The third-order valence-electron chi connectivity index (χ3n) is 5.39. The summed E-state index contributed by atoms with van der Waals surface area (Å²) >= 11 is 0. The van der Waals surface area contributed by atoms with Crippen molar-refractivity contribution in [3.8, 4) is 45.0 Å². The van der Waals surface area contributed by atoms with Gasteiger partial charge >= 0.3 is 0 Å². The Morgan fingerprint density at radius 3 is 0.972 bits per heavy atom. The lowest BCUT2D eigenvalue weighted by Gasteiger charge is -2.02. The average Bonchev–Trinajstić information content (AvgIpc) is 2.99. The lowest BCUT2D eigenvalue weighted by molar-refractivity contribution is 1.17. The normalized spacial score (nSPS) is 10.2. The summed E-state index contributed by atoms with van der Waals surface area (Å²) in [5.41, 5.74) is 6.24. The lowest BCUT2D eigenvalue weighted by atomic mass is 10.1. The van der Waals surface area contributed by atoms with E-state index in [9.17, 15) is 0 Å². The van der Waals surface area contributed by atoms with Crippen LogP contribution in [-0.2, 0) is 0 Å². The minimum atomic E-state index is 0.720.